The maximum atomic E-state index is 11.1. The van der Waals surface area contributed by atoms with E-state index in [4.69, 9.17) is 0 Å². The zero-order valence-corrected chi connectivity index (χ0v) is 18.0. The first-order valence-electron chi connectivity index (χ1n) is 11.1. The van der Waals surface area contributed by atoms with Gasteiger partial charge in [-0.15, -0.1) is 0 Å². The molecule has 3 aliphatic rings. The molecule has 3 aromatic rings. The summed E-state index contributed by atoms with van der Waals surface area (Å²) in [6.45, 7) is 0. The summed E-state index contributed by atoms with van der Waals surface area (Å²) in [4.78, 5) is 10.4. The number of hydrogen-bond acceptors (Lipinski definition) is 5. The van der Waals surface area contributed by atoms with Gasteiger partial charge >= 0.3 is 5.78 Å². The average molecular weight is 455 g/mol. The Morgan fingerprint density at radius 1 is 0.588 bits per heavy atom. The quantitative estimate of drug-likeness (QED) is 0.355. The van der Waals surface area contributed by atoms with E-state index in [1.807, 2.05) is 24.3 Å². The lowest BCUT2D eigenvalue weighted by Gasteiger charge is -2.45. The van der Waals surface area contributed by atoms with Crippen molar-refractivity contribution >= 4 is 5.78 Å². The second-order valence-electron chi connectivity index (χ2n) is 9.32. The van der Waals surface area contributed by atoms with Gasteiger partial charge < -0.3 is 25.5 Å². The van der Waals surface area contributed by atoms with Crippen molar-refractivity contribution in [2.75, 3.05) is 0 Å². The van der Waals surface area contributed by atoms with Gasteiger partial charge in [0.25, 0.3) is 0 Å². The van der Waals surface area contributed by atoms with E-state index in [9.17, 15) is 30.3 Å². The van der Waals surface area contributed by atoms with Gasteiger partial charge in [0.1, 0.15) is 28.8 Å². The summed E-state index contributed by atoms with van der Waals surface area (Å²) in [7, 11) is 0. The minimum absolute atomic E-state index is 0.0312. The van der Waals surface area contributed by atoms with Crippen LogP contribution < -0.4 is 0 Å². The van der Waals surface area contributed by atoms with Gasteiger partial charge in [0, 0.05) is 47.3 Å². The van der Waals surface area contributed by atoms with E-state index in [1.54, 1.807) is 36.4 Å². The van der Waals surface area contributed by atoms with Crippen molar-refractivity contribution < 1.29 is 30.3 Å². The molecule has 3 aliphatic carbocycles. The molecule has 0 saturated heterocycles. The van der Waals surface area contributed by atoms with Crippen molar-refractivity contribution in [2.24, 2.45) is 5.92 Å². The third-order valence-electron chi connectivity index (χ3n) is 7.54. The molecule has 0 amide bonds. The number of aromatic hydroxyl groups is 4. The van der Waals surface area contributed by atoms with Gasteiger partial charge in [0.05, 0.1) is 6.08 Å². The first kappa shape index (κ1) is 20.4. The standard InChI is InChI=1S/C28H22O6/c29-15-5-1-13(2-6-15)23-25-19(9-17(31)11-21(25)33)28-24(14-3-7-16(30)8-4-14)27(23)20-10-18(32)12-22(34)26(20)28/h1-12,23-25,27-30,32-34H/p+1/t23-,24?,25?,27+,28-/m1/s1. The molecule has 6 N–H and O–H groups in total. The number of hydrogen-bond donors (Lipinski definition) is 5. The molecule has 0 heterocycles. The zero-order valence-electron chi connectivity index (χ0n) is 18.0. The fourth-order valence-corrected chi connectivity index (χ4v) is 6.42. The van der Waals surface area contributed by atoms with Crippen LogP contribution >= 0.6 is 0 Å². The average Bonchev–Trinajstić information content (AvgIpc) is 3.05. The highest BCUT2D eigenvalue weighted by molar-refractivity contribution is 6.02. The molecule has 6 heteroatoms. The topological polar surface area (TPSA) is 123 Å². The van der Waals surface area contributed by atoms with Crippen LogP contribution in [0.1, 0.15) is 45.9 Å². The molecule has 2 unspecified atom stereocenters. The van der Waals surface area contributed by atoms with Crippen LogP contribution in [0, 0.1) is 5.92 Å². The normalized spacial score (nSPS) is 26.9. The summed E-state index contributed by atoms with van der Waals surface area (Å²) in [6.07, 6.45) is 3.01. The molecule has 34 heavy (non-hydrogen) atoms. The second kappa shape index (κ2) is 7.15. The molecule has 6 rings (SSSR count). The summed E-state index contributed by atoms with van der Waals surface area (Å²) in [5.74, 6) is -1.43. The van der Waals surface area contributed by atoms with Gasteiger partial charge in [0.15, 0.2) is 0 Å². The number of ketones is 1. The lowest BCUT2D eigenvalue weighted by atomic mass is 9.57. The van der Waals surface area contributed by atoms with E-state index < -0.39 is 5.92 Å². The third kappa shape index (κ3) is 2.85. The molecule has 6 nitrogen and oxygen atoms in total. The van der Waals surface area contributed by atoms with Crippen LogP contribution in [-0.4, -0.2) is 36.1 Å². The van der Waals surface area contributed by atoms with Gasteiger partial charge in [-0.2, -0.15) is 0 Å². The van der Waals surface area contributed by atoms with Gasteiger partial charge in [-0.05, 0) is 52.6 Å². The Balaban J connectivity index is 1.68. The van der Waals surface area contributed by atoms with Crippen LogP contribution in [0.25, 0.3) is 0 Å². The lowest BCUT2D eigenvalue weighted by Crippen LogP contribution is -2.35. The Labute approximate surface area is 195 Å². The van der Waals surface area contributed by atoms with Crippen molar-refractivity contribution in [3.63, 3.8) is 0 Å². The Bertz CT molecular complexity index is 1380. The minimum Gasteiger partial charge on any atom is -0.511 e. The van der Waals surface area contributed by atoms with E-state index in [-0.39, 0.29) is 58.2 Å². The number of phenolic OH excluding ortho intramolecular Hbond substituents is 4. The van der Waals surface area contributed by atoms with Crippen LogP contribution in [0.15, 0.2) is 84.1 Å². The van der Waals surface area contributed by atoms with Gasteiger partial charge in [-0.1, -0.05) is 24.3 Å². The number of carbonyl (C=O) groups excluding carboxylic acids is 1. The molecule has 1 fully saturated rings. The van der Waals surface area contributed by atoms with E-state index >= 15 is 0 Å². The van der Waals surface area contributed by atoms with Crippen LogP contribution in [0.5, 0.6) is 23.0 Å². The predicted molar refractivity (Wildman–Crippen MR) is 126 cm³/mol. The van der Waals surface area contributed by atoms with Crippen LogP contribution in [0.2, 0.25) is 0 Å². The highest BCUT2D eigenvalue weighted by atomic mass is 16.3. The van der Waals surface area contributed by atoms with Gasteiger partial charge in [-0.25, -0.2) is 0 Å². The first-order valence-corrected chi connectivity index (χ1v) is 11.1. The van der Waals surface area contributed by atoms with E-state index in [0.29, 0.717) is 5.56 Å². The molecule has 2 bridgehead atoms. The van der Waals surface area contributed by atoms with Crippen molar-refractivity contribution in [1.82, 2.24) is 0 Å². The van der Waals surface area contributed by atoms with Crippen molar-refractivity contribution in [3.8, 4) is 23.0 Å². The van der Waals surface area contributed by atoms with Gasteiger partial charge in [-0.3, -0.25) is 4.79 Å². The Morgan fingerprint density at radius 2 is 1.15 bits per heavy atom. The van der Waals surface area contributed by atoms with Gasteiger partial charge in [0.2, 0.25) is 0 Å². The van der Waals surface area contributed by atoms with E-state index in [1.165, 1.54) is 12.1 Å². The van der Waals surface area contributed by atoms with Crippen molar-refractivity contribution in [3.05, 3.63) is 106 Å². The molecule has 1 saturated carbocycles. The number of aliphatic hydroxyl groups excluding tert-OH is 1. The highest BCUT2D eigenvalue weighted by Crippen LogP contribution is 2.70. The summed E-state index contributed by atoms with van der Waals surface area (Å²) in [5, 5.41) is 52.2. The monoisotopic (exact) mass is 455 g/mol. The molecule has 5 atom stereocenters. The maximum absolute atomic E-state index is 11.1. The molecule has 0 radical (unpaired) electrons. The number of fused-ring (bicyclic) bond motifs is 7. The van der Waals surface area contributed by atoms with Crippen LogP contribution in [-0.2, 0) is 0 Å². The summed E-state index contributed by atoms with van der Waals surface area (Å²) in [5.41, 5.74) is 4.02. The first-order chi connectivity index (χ1) is 16.3. The van der Waals surface area contributed by atoms with Crippen molar-refractivity contribution in [2.45, 2.75) is 23.7 Å². The summed E-state index contributed by atoms with van der Waals surface area (Å²) < 4.78 is 0. The number of rotatable bonds is 2. The number of allylic oxidation sites excluding steroid dienone is 3. The summed E-state index contributed by atoms with van der Waals surface area (Å²) >= 11 is 0. The molecule has 0 aliphatic heterocycles. The number of phenols is 4. The molecule has 0 spiro atoms. The SMILES string of the molecule is OC1=CC(=[OH+])C=C2C1[C@@H](c1ccc(O)cc1)[C@@H]1c3cc(O)cc(O)c3[C@H]2C1c1ccc(O)cc1. The smallest absolute Gasteiger partial charge is 0.343 e. The Kier molecular flexibility index (Phi) is 4.30. The molecule has 3 aromatic carbocycles. The highest BCUT2D eigenvalue weighted by Gasteiger charge is 2.58. The number of benzene rings is 3. The minimum atomic E-state index is -0.460. The Hall–Kier alpha value is -4.19. The number of aliphatic hydroxyl groups is 1. The molecule has 170 valence electrons. The fraction of sp³-hybridized carbons (Fsp3) is 0.179. The fourth-order valence-electron chi connectivity index (χ4n) is 6.42. The lowest BCUT2D eigenvalue weighted by molar-refractivity contribution is 0.257. The molecular formula is C28H23O6+. The van der Waals surface area contributed by atoms with E-state index in [2.05, 4.69) is 0 Å². The second-order valence-corrected chi connectivity index (χ2v) is 9.32. The zero-order chi connectivity index (χ0) is 23.7. The van der Waals surface area contributed by atoms with Crippen molar-refractivity contribution in [1.29, 1.82) is 0 Å². The predicted octanol–water partition coefficient (Wildman–Crippen LogP) is 4.81. The summed E-state index contributed by atoms with van der Waals surface area (Å²) in [6, 6.07) is 16.8. The third-order valence-corrected chi connectivity index (χ3v) is 7.54. The Morgan fingerprint density at radius 3 is 1.74 bits per heavy atom. The largest absolute Gasteiger partial charge is 0.511 e. The van der Waals surface area contributed by atoms with Crippen LogP contribution in [0.4, 0.5) is 0 Å². The van der Waals surface area contributed by atoms with E-state index in [0.717, 1.165) is 22.3 Å². The molecular weight excluding hydrogens is 432 g/mol. The molecule has 0 aromatic heterocycles. The maximum Gasteiger partial charge on any atom is 0.343 e. The van der Waals surface area contributed by atoms with Crippen LogP contribution in [0.3, 0.4) is 0 Å².